The number of para-hydroxylation sites is 1. The molecule has 0 aliphatic carbocycles. The van der Waals surface area contributed by atoms with Crippen LogP contribution in [-0.2, 0) is 6.61 Å². The zero-order chi connectivity index (χ0) is 19.1. The predicted octanol–water partition coefficient (Wildman–Crippen LogP) is 6.38. The first-order valence-corrected chi connectivity index (χ1v) is 9.28. The Morgan fingerprint density at radius 3 is 2.44 bits per heavy atom. The highest BCUT2D eigenvalue weighted by atomic mass is 35.5. The molecule has 0 aromatic heterocycles. The molecule has 0 bridgehead atoms. The monoisotopic (exact) mass is 379 g/mol. The molecular weight excluding hydrogens is 358 g/mol. The van der Waals surface area contributed by atoms with Gasteiger partial charge < -0.3 is 9.47 Å². The van der Waals surface area contributed by atoms with Crippen molar-refractivity contribution in [3.63, 3.8) is 0 Å². The van der Waals surface area contributed by atoms with Gasteiger partial charge in [0.2, 0.25) is 0 Å². The highest BCUT2D eigenvalue weighted by Crippen LogP contribution is 2.37. The van der Waals surface area contributed by atoms with Crippen LogP contribution in [0.5, 0.6) is 11.5 Å². The van der Waals surface area contributed by atoms with E-state index in [2.05, 4.69) is 4.99 Å². The van der Waals surface area contributed by atoms with Crippen molar-refractivity contribution in [2.75, 3.05) is 6.61 Å². The molecule has 3 aromatic carbocycles. The van der Waals surface area contributed by atoms with Gasteiger partial charge in [0.15, 0.2) is 11.5 Å². The maximum atomic E-state index is 6.48. The minimum absolute atomic E-state index is 0.428. The Morgan fingerprint density at radius 1 is 0.963 bits per heavy atom. The van der Waals surface area contributed by atoms with Crippen molar-refractivity contribution in [2.24, 2.45) is 4.99 Å². The van der Waals surface area contributed by atoms with E-state index in [1.807, 2.05) is 80.6 Å². The van der Waals surface area contributed by atoms with Gasteiger partial charge in [-0.3, -0.25) is 4.99 Å². The Kier molecular flexibility index (Phi) is 6.50. The van der Waals surface area contributed by atoms with E-state index in [1.165, 1.54) is 0 Å². The van der Waals surface area contributed by atoms with Crippen LogP contribution in [0.3, 0.4) is 0 Å². The summed E-state index contributed by atoms with van der Waals surface area (Å²) in [7, 11) is 0. The average molecular weight is 380 g/mol. The first-order valence-electron chi connectivity index (χ1n) is 8.90. The average Bonchev–Trinajstić information content (AvgIpc) is 2.68. The second-order valence-corrected chi connectivity index (χ2v) is 6.49. The first kappa shape index (κ1) is 19.0. The van der Waals surface area contributed by atoms with Gasteiger partial charge in [0.25, 0.3) is 0 Å². The van der Waals surface area contributed by atoms with Crippen molar-refractivity contribution < 1.29 is 9.47 Å². The number of aliphatic imine (C=N–C) groups is 1. The van der Waals surface area contributed by atoms with Gasteiger partial charge >= 0.3 is 0 Å². The van der Waals surface area contributed by atoms with Gasteiger partial charge in [0, 0.05) is 6.21 Å². The van der Waals surface area contributed by atoms with Gasteiger partial charge in [0.1, 0.15) is 6.61 Å². The van der Waals surface area contributed by atoms with E-state index >= 15 is 0 Å². The molecule has 0 aliphatic heterocycles. The second kappa shape index (κ2) is 9.24. The number of benzene rings is 3. The Balaban J connectivity index is 1.84. The molecule has 3 nitrogen and oxygen atoms in total. The minimum atomic E-state index is 0.428. The van der Waals surface area contributed by atoms with Crippen LogP contribution in [0.25, 0.3) is 0 Å². The zero-order valence-corrected chi connectivity index (χ0v) is 16.2. The van der Waals surface area contributed by atoms with Crippen molar-refractivity contribution in [1.29, 1.82) is 0 Å². The van der Waals surface area contributed by atoms with E-state index in [1.54, 1.807) is 6.21 Å². The highest BCUT2D eigenvalue weighted by molar-refractivity contribution is 6.32. The molecule has 0 saturated heterocycles. The summed E-state index contributed by atoms with van der Waals surface area (Å²) in [6.07, 6.45) is 1.79. The molecule has 138 valence electrons. The second-order valence-electron chi connectivity index (χ2n) is 6.08. The summed E-state index contributed by atoms with van der Waals surface area (Å²) in [6, 6.07) is 21.7. The van der Waals surface area contributed by atoms with E-state index in [-0.39, 0.29) is 0 Å². The standard InChI is InChI=1S/C23H22ClNO2/c1-3-26-22-14-19(15-25-21-12-8-7-9-17(21)2)13-20(24)23(22)27-16-18-10-5-4-6-11-18/h4-15H,3,16H2,1-2H3. The van der Waals surface area contributed by atoms with E-state index in [9.17, 15) is 0 Å². The third kappa shape index (κ3) is 5.11. The molecule has 0 aliphatic rings. The quantitative estimate of drug-likeness (QED) is 0.446. The molecule has 0 fully saturated rings. The van der Waals surface area contributed by atoms with Crippen LogP contribution in [0.4, 0.5) is 5.69 Å². The highest BCUT2D eigenvalue weighted by Gasteiger charge is 2.12. The predicted molar refractivity (Wildman–Crippen MR) is 112 cm³/mol. The largest absolute Gasteiger partial charge is 0.490 e. The number of aryl methyl sites for hydroxylation is 1. The molecule has 0 unspecified atom stereocenters. The molecule has 27 heavy (non-hydrogen) atoms. The van der Waals surface area contributed by atoms with Crippen molar-refractivity contribution >= 4 is 23.5 Å². The fourth-order valence-corrected chi connectivity index (χ4v) is 2.92. The molecule has 0 saturated carbocycles. The summed E-state index contributed by atoms with van der Waals surface area (Å²) in [4.78, 5) is 4.56. The van der Waals surface area contributed by atoms with Crippen LogP contribution in [-0.4, -0.2) is 12.8 Å². The van der Waals surface area contributed by atoms with Gasteiger partial charge in [0.05, 0.1) is 17.3 Å². The van der Waals surface area contributed by atoms with E-state index in [0.717, 1.165) is 22.4 Å². The third-order valence-corrected chi connectivity index (χ3v) is 4.31. The SMILES string of the molecule is CCOc1cc(C=Nc2ccccc2C)cc(Cl)c1OCc1ccccc1. The summed E-state index contributed by atoms with van der Waals surface area (Å²) < 4.78 is 11.7. The lowest BCUT2D eigenvalue weighted by atomic mass is 10.2. The number of hydrogen-bond donors (Lipinski definition) is 0. The molecule has 0 heterocycles. The summed E-state index contributed by atoms with van der Waals surface area (Å²) in [6.45, 7) is 4.92. The molecule has 4 heteroatoms. The summed E-state index contributed by atoms with van der Waals surface area (Å²) in [5.74, 6) is 1.17. The lowest BCUT2D eigenvalue weighted by molar-refractivity contribution is 0.269. The smallest absolute Gasteiger partial charge is 0.180 e. The normalized spacial score (nSPS) is 10.9. The Hall–Kier alpha value is -2.78. The molecule has 0 amide bonds. The van der Waals surface area contributed by atoms with Gasteiger partial charge in [-0.25, -0.2) is 0 Å². The molecule has 0 atom stereocenters. The maximum Gasteiger partial charge on any atom is 0.180 e. The van der Waals surface area contributed by atoms with Crippen molar-refractivity contribution in [1.82, 2.24) is 0 Å². The number of hydrogen-bond acceptors (Lipinski definition) is 3. The third-order valence-electron chi connectivity index (χ3n) is 4.03. The van der Waals surface area contributed by atoms with Crippen LogP contribution in [0.1, 0.15) is 23.6 Å². The van der Waals surface area contributed by atoms with Crippen LogP contribution < -0.4 is 9.47 Å². The molecule has 0 spiro atoms. The van der Waals surface area contributed by atoms with Crippen molar-refractivity contribution in [2.45, 2.75) is 20.5 Å². The molecule has 0 N–H and O–H groups in total. The number of halogens is 1. The molecular formula is C23H22ClNO2. The summed E-state index contributed by atoms with van der Waals surface area (Å²) >= 11 is 6.48. The van der Waals surface area contributed by atoms with E-state index in [4.69, 9.17) is 21.1 Å². The Labute approximate surface area is 165 Å². The number of nitrogens with zero attached hydrogens (tertiary/aromatic N) is 1. The number of rotatable bonds is 7. The maximum absolute atomic E-state index is 6.48. The summed E-state index contributed by atoms with van der Waals surface area (Å²) in [5, 5.41) is 0.503. The fraction of sp³-hybridized carbons (Fsp3) is 0.174. The Morgan fingerprint density at radius 2 is 1.70 bits per heavy atom. The van der Waals surface area contributed by atoms with Crippen LogP contribution in [0, 0.1) is 6.92 Å². The lowest BCUT2D eigenvalue weighted by Crippen LogP contribution is -2.01. The summed E-state index contributed by atoms with van der Waals surface area (Å²) in [5.41, 5.74) is 3.98. The minimum Gasteiger partial charge on any atom is -0.490 e. The number of ether oxygens (including phenoxy) is 2. The van der Waals surface area contributed by atoms with Crippen LogP contribution >= 0.6 is 11.6 Å². The van der Waals surface area contributed by atoms with Crippen LogP contribution in [0.15, 0.2) is 71.7 Å². The fourth-order valence-electron chi connectivity index (χ4n) is 2.65. The van der Waals surface area contributed by atoms with Gasteiger partial charge in [-0.05, 0) is 48.7 Å². The molecule has 3 rings (SSSR count). The van der Waals surface area contributed by atoms with Crippen molar-refractivity contribution in [3.8, 4) is 11.5 Å². The lowest BCUT2D eigenvalue weighted by Gasteiger charge is -2.14. The molecule has 0 radical (unpaired) electrons. The van der Waals surface area contributed by atoms with Crippen molar-refractivity contribution in [3.05, 3.63) is 88.4 Å². The van der Waals surface area contributed by atoms with Gasteiger partial charge in [-0.2, -0.15) is 0 Å². The van der Waals surface area contributed by atoms with E-state index in [0.29, 0.717) is 29.7 Å². The van der Waals surface area contributed by atoms with Crippen LogP contribution in [0.2, 0.25) is 5.02 Å². The van der Waals surface area contributed by atoms with Gasteiger partial charge in [-0.1, -0.05) is 60.1 Å². The zero-order valence-electron chi connectivity index (χ0n) is 15.5. The topological polar surface area (TPSA) is 30.8 Å². The molecule has 3 aromatic rings. The first-order chi connectivity index (χ1) is 13.2. The van der Waals surface area contributed by atoms with E-state index < -0.39 is 0 Å². The Bertz CT molecular complexity index is 923. The van der Waals surface area contributed by atoms with Gasteiger partial charge in [-0.15, -0.1) is 0 Å².